The minimum atomic E-state index is -0.884. The molecule has 0 saturated carbocycles. The molecule has 5 nitrogen and oxygen atoms in total. The standard InChI is InChI=1S/C11H19NO4/c1-8(2)12(6-5-10(13)14)11(15)9-4-3-7-16-9/h8-9H,3-7H2,1-2H3,(H,13,14)/t9-/m0/s1. The quantitative estimate of drug-likeness (QED) is 0.759. The molecule has 1 N–H and O–H groups in total. The number of hydrogen-bond donors (Lipinski definition) is 1. The molecule has 1 aliphatic rings. The van der Waals surface area contributed by atoms with Crippen molar-refractivity contribution >= 4 is 11.9 Å². The smallest absolute Gasteiger partial charge is 0.305 e. The van der Waals surface area contributed by atoms with Gasteiger partial charge in [0.25, 0.3) is 5.91 Å². The van der Waals surface area contributed by atoms with Crippen molar-refractivity contribution in [2.45, 2.75) is 45.3 Å². The van der Waals surface area contributed by atoms with Gasteiger partial charge in [0.05, 0.1) is 6.42 Å². The van der Waals surface area contributed by atoms with Crippen LogP contribution < -0.4 is 0 Å². The second-order valence-electron chi connectivity index (χ2n) is 4.27. The molecule has 1 atom stereocenters. The van der Waals surface area contributed by atoms with E-state index in [0.717, 1.165) is 12.8 Å². The Morgan fingerprint density at radius 3 is 2.62 bits per heavy atom. The summed E-state index contributed by atoms with van der Waals surface area (Å²) >= 11 is 0. The average molecular weight is 229 g/mol. The van der Waals surface area contributed by atoms with Gasteiger partial charge in [0.15, 0.2) is 0 Å². The third-order valence-corrected chi connectivity index (χ3v) is 2.68. The summed E-state index contributed by atoms with van der Waals surface area (Å²) in [7, 11) is 0. The second-order valence-corrected chi connectivity index (χ2v) is 4.27. The van der Waals surface area contributed by atoms with Crippen molar-refractivity contribution in [2.75, 3.05) is 13.2 Å². The zero-order chi connectivity index (χ0) is 12.1. The van der Waals surface area contributed by atoms with Crippen LogP contribution >= 0.6 is 0 Å². The number of hydrogen-bond acceptors (Lipinski definition) is 3. The molecule has 1 aliphatic heterocycles. The highest BCUT2D eigenvalue weighted by Gasteiger charge is 2.29. The van der Waals surface area contributed by atoms with E-state index in [1.807, 2.05) is 13.8 Å². The summed E-state index contributed by atoms with van der Waals surface area (Å²) in [5.74, 6) is -0.959. The van der Waals surface area contributed by atoms with Crippen molar-refractivity contribution in [2.24, 2.45) is 0 Å². The predicted molar refractivity (Wildman–Crippen MR) is 58.1 cm³/mol. The van der Waals surface area contributed by atoms with Gasteiger partial charge in [0, 0.05) is 19.2 Å². The van der Waals surface area contributed by atoms with Crippen LogP contribution in [0.15, 0.2) is 0 Å². The molecule has 1 saturated heterocycles. The number of carbonyl (C=O) groups excluding carboxylic acids is 1. The summed E-state index contributed by atoms with van der Waals surface area (Å²) in [5, 5.41) is 8.62. The highest BCUT2D eigenvalue weighted by Crippen LogP contribution is 2.16. The molecule has 1 amide bonds. The van der Waals surface area contributed by atoms with Crippen LogP contribution in [0.2, 0.25) is 0 Å². The molecule has 0 aliphatic carbocycles. The fraction of sp³-hybridized carbons (Fsp3) is 0.818. The van der Waals surface area contributed by atoms with Crippen molar-refractivity contribution in [3.63, 3.8) is 0 Å². The maximum Gasteiger partial charge on any atom is 0.305 e. The lowest BCUT2D eigenvalue weighted by atomic mass is 10.2. The van der Waals surface area contributed by atoms with E-state index in [-0.39, 0.29) is 31.0 Å². The lowest BCUT2D eigenvalue weighted by Gasteiger charge is -2.28. The maximum atomic E-state index is 12.0. The van der Waals surface area contributed by atoms with E-state index < -0.39 is 5.97 Å². The highest BCUT2D eigenvalue weighted by atomic mass is 16.5. The molecule has 5 heteroatoms. The molecular formula is C11H19NO4. The lowest BCUT2D eigenvalue weighted by Crippen LogP contribution is -2.44. The van der Waals surface area contributed by atoms with E-state index in [9.17, 15) is 9.59 Å². The van der Waals surface area contributed by atoms with Crippen LogP contribution in [0.3, 0.4) is 0 Å². The normalized spacial score (nSPS) is 20.1. The first-order valence-corrected chi connectivity index (χ1v) is 5.66. The first kappa shape index (κ1) is 13.0. The Balaban J connectivity index is 2.54. The lowest BCUT2D eigenvalue weighted by molar-refractivity contribution is -0.144. The Kier molecular flexibility index (Phi) is 4.73. The number of carboxylic acid groups (broad SMARTS) is 1. The van der Waals surface area contributed by atoms with Crippen molar-refractivity contribution in [1.82, 2.24) is 4.90 Å². The number of nitrogens with zero attached hydrogens (tertiary/aromatic N) is 1. The first-order valence-electron chi connectivity index (χ1n) is 5.66. The van der Waals surface area contributed by atoms with E-state index in [2.05, 4.69) is 0 Å². The van der Waals surface area contributed by atoms with Gasteiger partial charge in [0.2, 0.25) is 0 Å². The molecule has 1 heterocycles. The molecule has 1 rings (SSSR count). The van der Waals surface area contributed by atoms with Gasteiger partial charge < -0.3 is 14.7 Å². The fourth-order valence-corrected chi connectivity index (χ4v) is 1.80. The molecule has 0 aromatic heterocycles. The number of carbonyl (C=O) groups is 2. The van der Waals surface area contributed by atoms with E-state index in [1.165, 1.54) is 0 Å². The summed E-state index contributed by atoms with van der Waals surface area (Å²) in [6, 6.07) is 0.0102. The second kappa shape index (κ2) is 5.84. The topological polar surface area (TPSA) is 66.8 Å². The monoisotopic (exact) mass is 229 g/mol. The van der Waals surface area contributed by atoms with Gasteiger partial charge in [-0.25, -0.2) is 0 Å². The van der Waals surface area contributed by atoms with Gasteiger partial charge in [-0.05, 0) is 26.7 Å². The largest absolute Gasteiger partial charge is 0.481 e. The minimum absolute atomic E-state index is 0.0102. The van der Waals surface area contributed by atoms with Crippen molar-refractivity contribution in [3.05, 3.63) is 0 Å². The van der Waals surface area contributed by atoms with Crippen LogP contribution in [0.4, 0.5) is 0 Å². The zero-order valence-electron chi connectivity index (χ0n) is 9.81. The van der Waals surface area contributed by atoms with Crippen molar-refractivity contribution < 1.29 is 19.4 Å². The van der Waals surface area contributed by atoms with Crippen LogP contribution in [0, 0.1) is 0 Å². The predicted octanol–water partition coefficient (Wildman–Crippen LogP) is 0.877. The van der Waals surface area contributed by atoms with Crippen LogP contribution in [-0.4, -0.2) is 47.2 Å². The summed E-state index contributed by atoms with van der Waals surface area (Å²) in [6.07, 6.45) is 1.27. The Hall–Kier alpha value is -1.10. The van der Waals surface area contributed by atoms with Gasteiger partial charge in [-0.1, -0.05) is 0 Å². The van der Waals surface area contributed by atoms with E-state index in [0.29, 0.717) is 6.61 Å². The number of carboxylic acids is 1. The van der Waals surface area contributed by atoms with E-state index in [1.54, 1.807) is 4.90 Å². The SMILES string of the molecule is CC(C)N(CCC(=O)O)C(=O)[C@@H]1CCCO1. The van der Waals surface area contributed by atoms with E-state index >= 15 is 0 Å². The van der Waals surface area contributed by atoms with Gasteiger partial charge >= 0.3 is 5.97 Å². The van der Waals surface area contributed by atoms with Crippen molar-refractivity contribution in [1.29, 1.82) is 0 Å². The van der Waals surface area contributed by atoms with Crippen LogP contribution in [0.5, 0.6) is 0 Å². The van der Waals surface area contributed by atoms with Crippen LogP contribution in [0.25, 0.3) is 0 Å². The molecule has 0 bridgehead atoms. The summed E-state index contributed by atoms with van der Waals surface area (Å²) < 4.78 is 5.31. The minimum Gasteiger partial charge on any atom is -0.481 e. The van der Waals surface area contributed by atoms with Gasteiger partial charge in [-0.3, -0.25) is 9.59 Å². The van der Waals surface area contributed by atoms with Crippen LogP contribution in [0.1, 0.15) is 33.1 Å². The summed E-state index contributed by atoms with van der Waals surface area (Å²) in [5.41, 5.74) is 0. The molecule has 0 aromatic rings. The Labute approximate surface area is 95.4 Å². The fourth-order valence-electron chi connectivity index (χ4n) is 1.80. The molecule has 92 valence electrons. The Morgan fingerprint density at radius 1 is 1.50 bits per heavy atom. The summed E-state index contributed by atoms with van der Waals surface area (Å²) in [4.78, 5) is 24.1. The molecule has 0 radical (unpaired) electrons. The zero-order valence-corrected chi connectivity index (χ0v) is 9.81. The molecular weight excluding hydrogens is 210 g/mol. The molecule has 0 aromatic carbocycles. The van der Waals surface area contributed by atoms with E-state index in [4.69, 9.17) is 9.84 Å². The number of rotatable bonds is 5. The first-order chi connectivity index (χ1) is 7.52. The van der Waals surface area contributed by atoms with Gasteiger partial charge in [0.1, 0.15) is 6.10 Å². The van der Waals surface area contributed by atoms with Gasteiger partial charge in [-0.15, -0.1) is 0 Å². The third-order valence-electron chi connectivity index (χ3n) is 2.68. The number of ether oxygens (including phenoxy) is 1. The number of amides is 1. The Bertz CT molecular complexity index is 259. The maximum absolute atomic E-state index is 12.0. The molecule has 0 spiro atoms. The number of aliphatic carboxylic acids is 1. The van der Waals surface area contributed by atoms with Crippen LogP contribution in [-0.2, 0) is 14.3 Å². The van der Waals surface area contributed by atoms with Crippen molar-refractivity contribution in [3.8, 4) is 0 Å². The summed E-state index contributed by atoms with van der Waals surface area (Å²) in [6.45, 7) is 4.65. The Morgan fingerprint density at radius 2 is 2.19 bits per heavy atom. The molecule has 1 fully saturated rings. The molecule has 0 unspecified atom stereocenters. The molecule has 16 heavy (non-hydrogen) atoms. The third kappa shape index (κ3) is 3.48. The average Bonchev–Trinajstić information content (AvgIpc) is 2.69. The van der Waals surface area contributed by atoms with Gasteiger partial charge in [-0.2, -0.15) is 0 Å². The highest BCUT2D eigenvalue weighted by molar-refractivity contribution is 5.82.